The average Bonchev–Trinajstić information content (AvgIpc) is 3.29. The summed E-state index contributed by atoms with van der Waals surface area (Å²) >= 11 is 0. The molecule has 0 bridgehead atoms. The van der Waals surface area contributed by atoms with Gasteiger partial charge in [-0.2, -0.15) is 5.10 Å². The molecule has 0 spiro atoms. The quantitative estimate of drug-likeness (QED) is 0.368. The summed E-state index contributed by atoms with van der Waals surface area (Å²) in [5, 5.41) is 11.0. The first-order chi connectivity index (χ1) is 12.3. The van der Waals surface area contributed by atoms with Crippen molar-refractivity contribution in [2.75, 3.05) is 13.1 Å². The molecule has 0 saturated heterocycles. The first-order valence-corrected chi connectivity index (χ1v) is 9.18. The molecule has 2 aromatic heterocycles. The van der Waals surface area contributed by atoms with Gasteiger partial charge in [0.1, 0.15) is 24.5 Å². The van der Waals surface area contributed by atoms with E-state index in [4.69, 9.17) is 4.42 Å². The summed E-state index contributed by atoms with van der Waals surface area (Å²) < 4.78 is 7.14. The summed E-state index contributed by atoms with van der Waals surface area (Å²) in [4.78, 5) is 8.90. The van der Waals surface area contributed by atoms with Crippen molar-refractivity contribution in [2.24, 2.45) is 18.0 Å². The van der Waals surface area contributed by atoms with E-state index in [2.05, 4.69) is 25.7 Å². The highest BCUT2D eigenvalue weighted by Crippen LogP contribution is 2.22. The second-order valence-electron chi connectivity index (χ2n) is 6.61. The lowest BCUT2D eigenvalue weighted by molar-refractivity contribution is 0.355. The Morgan fingerprint density at radius 3 is 2.85 bits per heavy atom. The maximum atomic E-state index is 5.38. The van der Waals surface area contributed by atoms with Crippen LogP contribution in [0.25, 0.3) is 0 Å². The maximum absolute atomic E-state index is 5.38. The molecule has 0 aromatic carbocycles. The highest BCUT2D eigenvalue weighted by molar-refractivity contribution is 14.0. The van der Waals surface area contributed by atoms with Crippen LogP contribution in [-0.2, 0) is 20.0 Å². The molecule has 0 radical (unpaired) electrons. The zero-order valence-electron chi connectivity index (χ0n) is 15.4. The molecule has 3 rings (SSSR count). The average molecular weight is 472 g/mol. The monoisotopic (exact) mass is 472 g/mol. The Hall–Kier alpha value is -1.58. The highest BCUT2D eigenvalue weighted by Gasteiger charge is 2.13. The zero-order valence-corrected chi connectivity index (χ0v) is 17.7. The van der Waals surface area contributed by atoms with Gasteiger partial charge in [-0.05, 0) is 30.9 Å². The van der Waals surface area contributed by atoms with E-state index in [9.17, 15) is 0 Å². The Balaban J connectivity index is 0.00000243. The number of aryl methyl sites for hydroxylation is 1. The minimum absolute atomic E-state index is 0. The van der Waals surface area contributed by atoms with E-state index in [0.717, 1.165) is 43.0 Å². The third kappa shape index (κ3) is 6.62. The van der Waals surface area contributed by atoms with Crippen LogP contribution in [0.5, 0.6) is 0 Å². The summed E-state index contributed by atoms with van der Waals surface area (Å²) in [7, 11) is 1.89. The van der Waals surface area contributed by atoms with Crippen molar-refractivity contribution >= 4 is 29.9 Å². The molecular weight excluding hydrogens is 443 g/mol. The number of nitrogens with zero attached hydrogens (tertiary/aromatic N) is 4. The number of furan rings is 1. The number of nitrogens with one attached hydrogen (secondary N) is 2. The Morgan fingerprint density at radius 1 is 1.31 bits per heavy atom. The first kappa shape index (κ1) is 20.7. The smallest absolute Gasteiger partial charge is 0.191 e. The van der Waals surface area contributed by atoms with Crippen LogP contribution < -0.4 is 10.6 Å². The normalized spacial score (nSPS) is 15.5. The molecule has 0 atom stereocenters. The van der Waals surface area contributed by atoms with E-state index in [-0.39, 0.29) is 24.0 Å². The molecule has 0 aliphatic heterocycles. The maximum Gasteiger partial charge on any atom is 0.191 e. The summed E-state index contributed by atoms with van der Waals surface area (Å²) in [6, 6.07) is 3.91. The fourth-order valence-corrected chi connectivity index (χ4v) is 3.18. The number of hydrogen-bond acceptors (Lipinski definition) is 4. The van der Waals surface area contributed by atoms with Gasteiger partial charge in [-0.1, -0.05) is 19.3 Å². The van der Waals surface area contributed by atoms with E-state index < -0.39 is 0 Å². The summed E-state index contributed by atoms with van der Waals surface area (Å²) in [6.45, 7) is 2.27. The molecule has 2 heterocycles. The molecule has 2 aromatic rings. The fraction of sp³-hybridized carbons (Fsp3) is 0.611. The Labute approximate surface area is 172 Å². The summed E-state index contributed by atoms with van der Waals surface area (Å²) in [5.74, 6) is 3.41. The van der Waals surface area contributed by atoms with Crippen LogP contribution in [0.2, 0.25) is 0 Å². The molecule has 1 aliphatic rings. The number of hydrogen-bond donors (Lipinski definition) is 2. The number of halogens is 1. The molecular formula is C18H29IN6O. The fourth-order valence-electron chi connectivity index (χ4n) is 3.18. The Kier molecular flexibility index (Phi) is 8.93. The number of rotatable bonds is 7. The third-order valence-corrected chi connectivity index (χ3v) is 4.71. The minimum atomic E-state index is 0. The first-order valence-electron chi connectivity index (χ1n) is 9.18. The van der Waals surface area contributed by atoms with Crippen LogP contribution in [0.1, 0.15) is 43.7 Å². The van der Waals surface area contributed by atoms with E-state index in [1.165, 1.54) is 32.1 Å². The standard InChI is InChI=1S/C18H28N6O.HI/c1-24-17(22-14-23-24)13-21-18(19-10-9-16-8-5-11-25-16)20-12-15-6-3-2-4-7-15;/h5,8,11,14-15H,2-4,6-7,9-10,12-13H2,1H3,(H2,19,20,21);1H. The largest absolute Gasteiger partial charge is 0.469 e. The van der Waals surface area contributed by atoms with Crippen LogP contribution >= 0.6 is 24.0 Å². The topological polar surface area (TPSA) is 80.3 Å². The molecule has 1 aliphatic carbocycles. The molecule has 1 fully saturated rings. The Bertz CT molecular complexity index is 648. The van der Waals surface area contributed by atoms with Gasteiger partial charge in [-0.15, -0.1) is 24.0 Å². The van der Waals surface area contributed by atoms with E-state index in [1.807, 2.05) is 19.2 Å². The van der Waals surface area contributed by atoms with Crippen LogP contribution in [0.15, 0.2) is 34.1 Å². The van der Waals surface area contributed by atoms with Crippen molar-refractivity contribution in [1.82, 2.24) is 25.4 Å². The van der Waals surface area contributed by atoms with Crippen molar-refractivity contribution in [2.45, 2.75) is 45.1 Å². The van der Waals surface area contributed by atoms with Gasteiger partial charge in [0.05, 0.1) is 6.26 Å². The van der Waals surface area contributed by atoms with Gasteiger partial charge in [-0.3, -0.25) is 4.68 Å². The van der Waals surface area contributed by atoms with Gasteiger partial charge in [0.2, 0.25) is 0 Å². The van der Waals surface area contributed by atoms with E-state index >= 15 is 0 Å². The lowest BCUT2D eigenvalue weighted by Crippen LogP contribution is -2.41. The lowest BCUT2D eigenvalue weighted by atomic mass is 9.89. The predicted molar refractivity (Wildman–Crippen MR) is 113 cm³/mol. The van der Waals surface area contributed by atoms with Gasteiger partial charge >= 0.3 is 0 Å². The van der Waals surface area contributed by atoms with Crippen molar-refractivity contribution in [1.29, 1.82) is 0 Å². The molecule has 8 heteroatoms. The Morgan fingerprint density at radius 2 is 2.15 bits per heavy atom. The molecule has 7 nitrogen and oxygen atoms in total. The van der Waals surface area contributed by atoms with Crippen LogP contribution in [0, 0.1) is 5.92 Å². The predicted octanol–water partition coefficient (Wildman–Crippen LogP) is 2.88. The van der Waals surface area contributed by atoms with E-state index in [0.29, 0.717) is 6.54 Å². The molecule has 144 valence electrons. The van der Waals surface area contributed by atoms with Crippen LogP contribution in [0.4, 0.5) is 0 Å². The molecule has 26 heavy (non-hydrogen) atoms. The molecule has 0 unspecified atom stereocenters. The van der Waals surface area contributed by atoms with Crippen LogP contribution in [0.3, 0.4) is 0 Å². The SMILES string of the molecule is Cn1ncnc1CN=C(NCCc1ccco1)NCC1CCCCC1.I. The minimum Gasteiger partial charge on any atom is -0.469 e. The lowest BCUT2D eigenvalue weighted by Gasteiger charge is -2.23. The second kappa shape index (κ2) is 11.2. The van der Waals surface area contributed by atoms with Crippen molar-refractivity contribution in [3.8, 4) is 0 Å². The van der Waals surface area contributed by atoms with Crippen LogP contribution in [-0.4, -0.2) is 33.8 Å². The number of aliphatic imine (C=N–C) groups is 1. The van der Waals surface area contributed by atoms with Gasteiger partial charge in [0.15, 0.2) is 5.96 Å². The van der Waals surface area contributed by atoms with E-state index in [1.54, 1.807) is 17.3 Å². The van der Waals surface area contributed by atoms with Crippen molar-refractivity contribution < 1.29 is 4.42 Å². The summed E-state index contributed by atoms with van der Waals surface area (Å²) in [6.07, 6.45) is 10.8. The molecule has 2 N–H and O–H groups in total. The van der Waals surface area contributed by atoms with Crippen molar-refractivity contribution in [3.63, 3.8) is 0 Å². The van der Waals surface area contributed by atoms with Crippen molar-refractivity contribution in [3.05, 3.63) is 36.3 Å². The number of guanidine groups is 1. The number of aromatic nitrogens is 3. The van der Waals surface area contributed by atoms with Gasteiger partial charge in [-0.25, -0.2) is 9.98 Å². The summed E-state index contributed by atoms with van der Waals surface area (Å²) in [5.41, 5.74) is 0. The highest BCUT2D eigenvalue weighted by atomic mass is 127. The molecule has 0 amide bonds. The molecule has 1 saturated carbocycles. The van der Waals surface area contributed by atoms with Gasteiger partial charge in [0, 0.05) is 26.6 Å². The van der Waals surface area contributed by atoms with Gasteiger partial charge < -0.3 is 15.1 Å². The second-order valence-corrected chi connectivity index (χ2v) is 6.61. The third-order valence-electron chi connectivity index (χ3n) is 4.71. The zero-order chi connectivity index (χ0) is 17.3. The van der Waals surface area contributed by atoms with Gasteiger partial charge in [0.25, 0.3) is 0 Å².